The maximum atomic E-state index is 12.9. The number of alkyl halides is 3. The van der Waals surface area contributed by atoms with Crippen LogP contribution in [0.5, 0.6) is 11.6 Å². The van der Waals surface area contributed by atoms with Crippen LogP contribution in [0.3, 0.4) is 0 Å². The fourth-order valence-corrected chi connectivity index (χ4v) is 2.02. The number of rotatable bonds is 5. The highest BCUT2D eigenvalue weighted by Crippen LogP contribution is 2.36. The van der Waals surface area contributed by atoms with E-state index in [1.165, 1.54) is 0 Å². The van der Waals surface area contributed by atoms with Gasteiger partial charge in [0.05, 0.1) is 13.2 Å². The van der Waals surface area contributed by atoms with Gasteiger partial charge in [-0.25, -0.2) is 4.98 Å². The lowest BCUT2D eigenvalue weighted by Gasteiger charge is -2.20. The monoisotopic (exact) mass is 341 g/mol. The molecule has 0 N–H and O–H groups in total. The van der Waals surface area contributed by atoms with Gasteiger partial charge >= 0.3 is 6.18 Å². The standard InChI is InChI=1S/C16H18F3N3O2/c1-10(2)24-12-7-5-6-11(8-12)22(3)15-20-9-13(16(17,18)19)14(21-15)23-4/h5-10H,1-4H3. The van der Waals surface area contributed by atoms with Gasteiger partial charge in [0.1, 0.15) is 11.3 Å². The molecule has 5 nitrogen and oxygen atoms in total. The van der Waals surface area contributed by atoms with Crippen LogP contribution >= 0.6 is 0 Å². The van der Waals surface area contributed by atoms with Crippen molar-refractivity contribution in [3.05, 3.63) is 36.0 Å². The van der Waals surface area contributed by atoms with Crippen LogP contribution < -0.4 is 14.4 Å². The van der Waals surface area contributed by atoms with E-state index in [4.69, 9.17) is 9.47 Å². The predicted octanol–water partition coefficient (Wildman–Crippen LogP) is 4.06. The highest BCUT2D eigenvalue weighted by atomic mass is 19.4. The molecule has 8 heteroatoms. The molecule has 130 valence electrons. The zero-order valence-electron chi connectivity index (χ0n) is 13.8. The molecule has 1 aromatic carbocycles. The first-order valence-electron chi connectivity index (χ1n) is 7.21. The van der Waals surface area contributed by atoms with Crippen molar-refractivity contribution in [1.29, 1.82) is 0 Å². The average molecular weight is 341 g/mol. The Kier molecular flexibility index (Phi) is 5.16. The number of aromatic nitrogens is 2. The molecule has 0 radical (unpaired) electrons. The van der Waals surface area contributed by atoms with E-state index in [1.807, 2.05) is 13.8 Å². The van der Waals surface area contributed by atoms with Crippen molar-refractivity contribution in [2.75, 3.05) is 19.1 Å². The summed E-state index contributed by atoms with van der Waals surface area (Å²) in [5, 5.41) is 0. The van der Waals surface area contributed by atoms with Crippen molar-refractivity contribution < 1.29 is 22.6 Å². The largest absolute Gasteiger partial charge is 0.491 e. The third kappa shape index (κ3) is 4.06. The lowest BCUT2D eigenvalue weighted by atomic mass is 10.2. The smallest absolute Gasteiger partial charge is 0.423 e. The molecule has 24 heavy (non-hydrogen) atoms. The fourth-order valence-electron chi connectivity index (χ4n) is 2.02. The number of benzene rings is 1. The van der Waals surface area contributed by atoms with E-state index in [0.717, 1.165) is 7.11 Å². The quantitative estimate of drug-likeness (QED) is 0.821. The molecular formula is C16H18F3N3O2. The third-order valence-corrected chi connectivity index (χ3v) is 3.12. The number of halogens is 3. The molecule has 2 aromatic rings. The molecule has 1 aromatic heterocycles. The SMILES string of the molecule is COc1nc(N(C)c2cccc(OC(C)C)c2)ncc1C(F)(F)F. The Morgan fingerprint density at radius 2 is 1.92 bits per heavy atom. The maximum absolute atomic E-state index is 12.9. The van der Waals surface area contributed by atoms with Crippen LogP contribution in [0.15, 0.2) is 30.5 Å². The molecular weight excluding hydrogens is 323 g/mol. The first kappa shape index (κ1) is 17.8. The lowest BCUT2D eigenvalue weighted by molar-refractivity contribution is -0.139. The average Bonchev–Trinajstić information content (AvgIpc) is 2.52. The summed E-state index contributed by atoms with van der Waals surface area (Å²) in [6, 6.07) is 7.12. The van der Waals surface area contributed by atoms with Gasteiger partial charge in [-0.2, -0.15) is 18.2 Å². The van der Waals surface area contributed by atoms with Crippen molar-refractivity contribution in [1.82, 2.24) is 9.97 Å². The molecule has 0 spiro atoms. The summed E-state index contributed by atoms with van der Waals surface area (Å²) in [7, 11) is 2.79. The second kappa shape index (κ2) is 6.94. The highest BCUT2D eigenvalue weighted by Gasteiger charge is 2.36. The minimum absolute atomic E-state index is 0.00738. The summed E-state index contributed by atoms with van der Waals surface area (Å²) in [6.45, 7) is 3.81. The van der Waals surface area contributed by atoms with Gasteiger partial charge in [0.25, 0.3) is 0 Å². The minimum Gasteiger partial charge on any atom is -0.491 e. The molecule has 1 heterocycles. The molecule has 0 unspecified atom stereocenters. The van der Waals surface area contributed by atoms with Gasteiger partial charge in [0.15, 0.2) is 0 Å². The van der Waals surface area contributed by atoms with Crippen LogP contribution in [0.4, 0.5) is 24.8 Å². The van der Waals surface area contributed by atoms with Crippen LogP contribution in [0.2, 0.25) is 0 Å². The van der Waals surface area contributed by atoms with Gasteiger partial charge < -0.3 is 14.4 Å². The van der Waals surface area contributed by atoms with E-state index in [2.05, 4.69) is 9.97 Å². The van der Waals surface area contributed by atoms with Crippen molar-refractivity contribution in [2.45, 2.75) is 26.1 Å². The number of methoxy groups -OCH3 is 1. The minimum atomic E-state index is -4.58. The molecule has 2 rings (SSSR count). The topological polar surface area (TPSA) is 47.5 Å². The van der Waals surface area contributed by atoms with Crippen molar-refractivity contribution in [2.24, 2.45) is 0 Å². The molecule has 0 fully saturated rings. The molecule has 0 saturated carbocycles. The first-order valence-corrected chi connectivity index (χ1v) is 7.21. The zero-order valence-corrected chi connectivity index (χ0v) is 13.8. The van der Waals surface area contributed by atoms with Crippen LogP contribution in [0.1, 0.15) is 19.4 Å². The summed E-state index contributed by atoms with van der Waals surface area (Å²) >= 11 is 0. The summed E-state index contributed by atoms with van der Waals surface area (Å²) in [6.07, 6.45) is -3.85. The van der Waals surface area contributed by atoms with Crippen LogP contribution in [-0.2, 0) is 6.18 Å². The Balaban J connectivity index is 2.34. The van der Waals surface area contributed by atoms with Gasteiger partial charge in [-0.3, -0.25) is 0 Å². The Hall–Kier alpha value is -2.51. The zero-order chi connectivity index (χ0) is 17.9. The van der Waals surface area contributed by atoms with Gasteiger partial charge in [-0.05, 0) is 26.0 Å². The van der Waals surface area contributed by atoms with Crippen LogP contribution in [0.25, 0.3) is 0 Å². The molecule has 0 amide bonds. The second-order valence-corrected chi connectivity index (χ2v) is 5.31. The lowest BCUT2D eigenvalue weighted by Crippen LogP contribution is -2.16. The van der Waals surface area contributed by atoms with E-state index >= 15 is 0 Å². The molecule has 0 saturated heterocycles. The number of nitrogens with zero attached hydrogens (tertiary/aromatic N) is 3. The summed E-state index contributed by atoms with van der Waals surface area (Å²) in [5.41, 5.74) is -0.339. The van der Waals surface area contributed by atoms with Gasteiger partial charge in [0.2, 0.25) is 11.8 Å². The number of hydrogen-bond donors (Lipinski definition) is 0. The second-order valence-electron chi connectivity index (χ2n) is 5.31. The maximum Gasteiger partial charge on any atom is 0.423 e. The predicted molar refractivity (Wildman–Crippen MR) is 83.9 cm³/mol. The van der Waals surface area contributed by atoms with Crippen LogP contribution in [0, 0.1) is 0 Å². The molecule has 0 atom stereocenters. The summed E-state index contributed by atoms with van der Waals surface area (Å²) in [5.74, 6) is 0.212. The van der Waals surface area contributed by atoms with Crippen molar-refractivity contribution in [3.8, 4) is 11.6 Å². The molecule has 0 aliphatic rings. The Morgan fingerprint density at radius 1 is 1.21 bits per heavy atom. The number of hydrogen-bond acceptors (Lipinski definition) is 5. The normalized spacial score (nSPS) is 11.5. The van der Waals surface area contributed by atoms with E-state index in [1.54, 1.807) is 36.2 Å². The summed E-state index contributed by atoms with van der Waals surface area (Å²) < 4.78 is 49.0. The van der Waals surface area contributed by atoms with Gasteiger partial charge in [-0.1, -0.05) is 6.07 Å². The van der Waals surface area contributed by atoms with E-state index in [0.29, 0.717) is 17.6 Å². The van der Waals surface area contributed by atoms with Gasteiger partial charge in [-0.15, -0.1) is 0 Å². The van der Waals surface area contributed by atoms with Crippen molar-refractivity contribution in [3.63, 3.8) is 0 Å². The fraction of sp³-hybridized carbons (Fsp3) is 0.375. The van der Waals surface area contributed by atoms with Crippen molar-refractivity contribution >= 4 is 11.6 Å². The van der Waals surface area contributed by atoms with Gasteiger partial charge in [0, 0.05) is 25.0 Å². The first-order chi connectivity index (χ1) is 11.2. The number of ether oxygens (including phenoxy) is 2. The molecule has 0 aliphatic heterocycles. The number of anilines is 2. The Bertz CT molecular complexity index is 705. The Morgan fingerprint density at radius 3 is 2.50 bits per heavy atom. The molecule has 0 bridgehead atoms. The molecule has 0 aliphatic carbocycles. The summed E-state index contributed by atoms with van der Waals surface area (Å²) in [4.78, 5) is 9.20. The highest BCUT2D eigenvalue weighted by molar-refractivity contribution is 5.59. The van der Waals surface area contributed by atoms with Crippen LogP contribution in [-0.4, -0.2) is 30.2 Å². The van der Waals surface area contributed by atoms with E-state index < -0.39 is 17.6 Å². The third-order valence-electron chi connectivity index (χ3n) is 3.12. The Labute approximate surface area is 138 Å². The van der Waals surface area contributed by atoms with E-state index in [9.17, 15) is 13.2 Å². The van der Waals surface area contributed by atoms with E-state index in [-0.39, 0.29) is 12.1 Å².